The molecule has 3 rings (SSSR count). The molecular weight excluding hydrogens is 302 g/mol. The van der Waals surface area contributed by atoms with Crippen molar-refractivity contribution in [2.45, 2.75) is 26.3 Å². The monoisotopic (exact) mass is 323 g/mol. The number of nitrogens with zero attached hydrogens (tertiary/aromatic N) is 3. The molecule has 0 aliphatic carbocycles. The van der Waals surface area contributed by atoms with Gasteiger partial charge in [-0.1, -0.05) is 44.2 Å². The number of rotatable bonds is 5. The van der Waals surface area contributed by atoms with Crippen LogP contribution in [0.5, 0.6) is 0 Å². The van der Waals surface area contributed by atoms with E-state index in [9.17, 15) is 10.1 Å². The molecule has 0 fully saturated rings. The zero-order valence-electron chi connectivity index (χ0n) is 13.9. The first-order valence-corrected chi connectivity index (χ1v) is 8.20. The van der Waals surface area contributed by atoms with Gasteiger partial charge < -0.3 is 4.90 Å². The SMILES string of the molecule is CC(C)C[C@H]1CN(c2ccccc2)C(c2ccccc2[N+](=O)[O-])=N1. The maximum absolute atomic E-state index is 11.4. The Morgan fingerprint density at radius 1 is 1.17 bits per heavy atom. The molecule has 1 heterocycles. The van der Waals surface area contributed by atoms with Crippen LogP contribution in [0.2, 0.25) is 0 Å². The first kappa shape index (κ1) is 16.2. The summed E-state index contributed by atoms with van der Waals surface area (Å²) in [6, 6.07) is 16.9. The Labute approximate surface area is 141 Å². The third-order valence-electron chi connectivity index (χ3n) is 4.11. The Balaban J connectivity index is 2.05. The molecule has 0 spiro atoms. The molecule has 0 saturated carbocycles. The average Bonchev–Trinajstić information content (AvgIpc) is 2.98. The number of hydrogen-bond acceptors (Lipinski definition) is 4. The molecule has 0 saturated heterocycles. The van der Waals surface area contributed by atoms with E-state index in [2.05, 4.69) is 18.7 Å². The van der Waals surface area contributed by atoms with Crippen LogP contribution in [0.3, 0.4) is 0 Å². The second kappa shape index (κ2) is 6.83. The molecule has 1 aliphatic heterocycles. The minimum atomic E-state index is -0.337. The van der Waals surface area contributed by atoms with Crippen molar-refractivity contribution in [2.24, 2.45) is 10.9 Å². The topological polar surface area (TPSA) is 58.7 Å². The predicted molar refractivity (Wildman–Crippen MR) is 96.7 cm³/mol. The second-order valence-electron chi connectivity index (χ2n) is 6.46. The first-order chi connectivity index (χ1) is 11.6. The smallest absolute Gasteiger partial charge is 0.280 e. The minimum Gasteiger partial charge on any atom is -0.324 e. The summed E-state index contributed by atoms with van der Waals surface area (Å²) in [5.74, 6) is 1.22. The summed E-state index contributed by atoms with van der Waals surface area (Å²) in [7, 11) is 0. The van der Waals surface area contributed by atoms with Crippen molar-refractivity contribution in [1.82, 2.24) is 0 Å². The van der Waals surface area contributed by atoms with E-state index in [1.807, 2.05) is 36.4 Å². The van der Waals surface area contributed by atoms with E-state index in [1.54, 1.807) is 12.1 Å². The largest absolute Gasteiger partial charge is 0.324 e. The Bertz CT molecular complexity index is 756. The highest BCUT2D eigenvalue weighted by molar-refractivity contribution is 6.13. The molecule has 2 aromatic carbocycles. The average molecular weight is 323 g/mol. The maximum Gasteiger partial charge on any atom is 0.280 e. The van der Waals surface area contributed by atoms with Gasteiger partial charge in [-0.05, 0) is 30.5 Å². The number of aliphatic imine (C=N–C) groups is 1. The summed E-state index contributed by atoms with van der Waals surface area (Å²) in [4.78, 5) is 18.0. The van der Waals surface area contributed by atoms with Gasteiger partial charge in [-0.3, -0.25) is 15.1 Å². The van der Waals surface area contributed by atoms with Gasteiger partial charge in [0, 0.05) is 18.3 Å². The summed E-state index contributed by atoms with van der Waals surface area (Å²) in [5, 5.41) is 11.4. The Morgan fingerprint density at radius 3 is 2.50 bits per heavy atom. The molecule has 1 aliphatic rings. The molecule has 0 radical (unpaired) electrons. The maximum atomic E-state index is 11.4. The van der Waals surface area contributed by atoms with Crippen LogP contribution in [0.1, 0.15) is 25.8 Å². The summed E-state index contributed by atoms with van der Waals surface area (Å²) < 4.78 is 0. The predicted octanol–water partition coefficient (Wildman–Crippen LogP) is 4.28. The first-order valence-electron chi connectivity index (χ1n) is 8.20. The lowest BCUT2D eigenvalue weighted by atomic mass is 10.0. The van der Waals surface area contributed by atoms with Crippen LogP contribution in [-0.2, 0) is 0 Å². The van der Waals surface area contributed by atoms with Crippen molar-refractivity contribution in [3.63, 3.8) is 0 Å². The Kier molecular flexibility index (Phi) is 4.60. The number of benzene rings is 2. The molecule has 1 atom stereocenters. The number of amidine groups is 1. The van der Waals surface area contributed by atoms with Crippen LogP contribution in [0.25, 0.3) is 0 Å². The van der Waals surface area contributed by atoms with Gasteiger partial charge >= 0.3 is 0 Å². The summed E-state index contributed by atoms with van der Waals surface area (Å²) in [6.45, 7) is 5.10. The van der Waals surface area contributed by atoms with Crippen molar-refractivity contribution in [1.29, 1.82) is 0 Å². The van der Waals surface area contributed by atoms with Gasteiger partial charge in [-0.15, -0.1) is 0 Å². The van der Waals surface area contributed by atoms with E-state index in [-0.39, 0.29) is 16.7 Å². The highest BCUT2D eigenvalue weighted by atomic mass is 16.6. The third-order valence-corrected chi connectivity index (χ3v) is 4.11. The van der Waals surface area contributed by atoms with Crippen molar-refractivity contribution in [3.05, 3.63) is 70.3 Å². The highest BCUT2D eigenvalue weighted by Crippen LogP contribution is 2.29. The van der Waals surface area contributed by atoms with Gasteiger partial charge in [-0.25, -0.2) is 0 Å². The molecule has 124 valence electrons. The number of nitro groups is 1. The summed E-state index contributed by atoms with van der Waals surface area (Å²) in [5.41, 5.74) is 1.70. The van der Waals surface area contributed by atoms with E-state index in [1.165, 1.54) is 6.07 Å². The van der Waals surface area contributed by atoms with Crippen LogP contribution >= 0.6 is 0 Å². The molecule has 5 nitrogen and oxygen atoms in total. The van der Waals surface area contributed by atoms with Gasteiger partial charge in [0.1, 0.15) is 5.84 Å². The van der Waals surface area contributed by atoms with Crippen molar-refractivity contribution in [2.75, 3.05) is 11.4 Å². The molecule has 5 heteroatoms. The lowest BCUT2D eigenvalue weighted by Gasteiger charge is -2.21. The fourth-order valence-electron chi connectivity index (χ4n) is 3.12. The van der Waals surface area contributed by atoms with Crippen molar-refractivity contribution < 1.29 is 4.92 Å². The van der Waals surface area contributed by atoms with Crippen molar-refractivity contribution in [3.8, 4) is 0 Å². The molecule has 24 heavy (non-hydrogen) atoms. The lowest BCUT2D eigenvalue weighted by molar-refractivity contribution is -0.385. The molecule has 0 N–H and O–H groups in total. The number of anilines is 1. The van der Waals surface area contributed by atoms with Crippen LogP contribution < -0.4 is 4.90 Å². The number of para-hydroxylation sites is 2. The summed E-state index contributed by atoms with van der Waals surface area (Å²) >= 11 is 0. The quantitative estimate of drug-likeness (QED) is 0.609. The van der Waals surface area contributed by atoms with Crippen LogP contribution in [-0.4, -0.2) is 23.3 Å². The van der Waals surface area contributed by atoms with Gasteiger partial charge in [-0.2, -0.15) is 0 Å². The fourth-order valence-corrected chi connectivity index (χ4v) is 3.12. The van der Waals surface area contributed by atoms with Gasteiger partial charge in [0.05, 0.1) is 16.5 Å². The van der Waals surface area contributed by atoms with Gasteiger partial charge in [0.15, 0.2) is 0 Å². The molecule has 0 unspecified atom stereocenters. The Morgan fingerprint density at radius 2 is 1.83 bits per heavy atom. The van der Waals surface area contributed by atoms with E-state index in [0.29, 0.717) is 17.3 Å². The van der Waals surface area contributed by atoms with Crippen LogP contribution in [0, 0.1) is 16.0 Å². The van der Waals surface area contributed by atoms with Gasteiger partial charge in [0.2, 0.25) is 0 Å². The molecule has 0 amide bonds. The standard InChI is InChI=1S/C19H21N3O2/c1-14(2)12-15-13-21(16-8-4-3-5-9-16)19(20-15)17-10-6-7-11-18(17)22(23)24/h3-11,14-15H,12-13H2,1-2H3/t15-/m0/s1. The number of nitro benzene ring substituents is 1. The molecule has 2 aromatic rings. The number of hydrogen-bond donors (Lipinski definition) is 0. The zero-order chi connectivity index (χ0) is 17.1. The van der Waals surface area contributed by atoms with E-state index < -0.39 is 0 Å². The van der Waals surface area contributed by atoms with E-state index in [0.717, 1.165) is 18.7 Å². The fraction of sp³-hybridized carbons (Fsp3) is 0.316. The van der Waals surface area contributed by atoms with Crippen molar-refractivity contribution >= 4 is 17.2 Å². The normalized spacial score (nSPS) is 17.2. The van der Waals surface area contributed by atoms with Crippen LogP contribution in [0.4, 0.5) is 11.4 Å². The lowest BCUT2D eigenvalue weighted by Crippen LogP contribution is -2.30. The third kappa shape index (κ3) is 3.30. The molecule has 0 aromatic heterocycles. The summed E-state index contributed by atoms with van der Waals surface area (Å²) in [6.07, 6.45) is 0.966. The highest BCUT2D eigenvalue weighted by Gasteiger charge is 2.31. The van der Waals surface area contributed by atoms with E-state index >= 15 is 0 Å². The Hall–Kier alpha value is -2.69. The molecule has 0 bridgehead atoms. The van der Waals surface area contributed by atoms with E-state index in [4.69, 9.17) is 4.99 Å². The zero-order valence-corrected chi connectivity index (χ0v) is 13.9. The van der Waals surface area contributed by atoms with Gasteiger partial charge in [0.25, 0.3) is 5.69 Å². The second-order valence-corrected chi connectivity index (χ2v) is 6.46. The van der Waals surface area contributed by atoms with Crippen LogP contribution in [0.15, 0.2) is 59.6 Å². The molecular formula is C19H21N3O2. The minimum absolute atomic E-state index is 0.0994.